The highest BCUT2D eigenvalue weighted by Gasteiger charge is 2.19. The topological polar surface area (TPSA) is 121 Å². The predicted molar refractivity (Wildman–Crippen MR) is 120 cm³/mol. The van der Waals surface area contributed by atoms with Crippen molar-refractivity contribution < 1.29 is 18.3 Å². The molecule has 0 aliphatic carbocycles. The molecule has 0 aliphatic heterocycles. The quantitative estimate of drug-likeness (QED) is 0.462. The Kier molecular flexibility index (Phi) is 6.77. The van der Waals surface area contributed by atoms with Crippen LogP contribution in [0.1, 0.15) is 17.5 Å². The van der Waals surface area contributed by atoms with Gasteiger partial charge in [0.1, 0.15) is 11.6 Å². The van der Waals surface area contributed by atoms with Crippen molar-refractivity contribution in [3.05, 3.63) is 64.7 Å². The number of carboxylic acids is 1. The maximum Gasteiger partial charge on any atom is 0.305 e. The fourth-order valence-electron chi connectivity index (χ4n) is 3.01. The maximum absolute atomic E-state index is 12.8. The van der Waals surface area contributed by atoms with E-state index < -0.39 is 16.0 Å². The standard InChI is InChI=1S/C21H21ClN4O4S/c1-13-5-3-6-14(2)20(13)21-15(22)9-10-17(25-21)26-31(29,30)18-8-4-7-16(24-18)23-12-11-19(27)28/h3-10H,11-12H2,1-2H3,(H,23,24)(H,25,26)(H,27,28). The third-order valence-corrected chi connectivity index (χ3v) is 6.01. The summed E-state index contributed by atoms with van der Waals surface area (Å²) in [5.74, 6) is -0.607. The molecule has 2 aromatic heterocycles. The van der Waals surface area contributed by atoms with Crippen LogP contribution in [0.2, 0.25) is 5.02 Å². The van der Waals surface area contributed by atoms with Crippen molar-refractivity contribution >= 4 is 39.2 Å². The number of anilines is 2. The largest absolute Gasteiger partial charge is 0.481 e. The first-order valence-electron chi connectivity index (χ1n) is 9.36. The monoisotopic (exact) mass is 460 g/mol. The number of aryl methyl sites for hydroxylation is 2. The van der Waals surface area contributed by atoms with Gasteiger partial charge in [-0.05, 0) is 49.2 Å². The van der Waals surface area contributed by atoms with Crippen molar-refractivity contribution in [1.29, 1.82) is 0 Å². The zero-order valence-corrected chi connectivity index (χ0v) is 18.5. The van der Waals surface area contributed by atoms with Crippen LogP contribution in [0.25, 0.3) is 11.3 Å². The van der Waals surface area contributed by atoms with Crippen molar-refractivity contribution in [3.63, 3.8) is 0 Å². The van der Waals surface area contributed by atoms with Gasteiger partial charge >= 0.3 is 5.97 Å². The highest BCUT2D eigenvalue weighted by atomic mass is 35.5. The Morgan fingerprint density at radius 1 is 1.00 bits per heavy atom. The molecule has 1 aromatic carbocycles. The van der Waals surface area contributed by atoms with Gasteiger partial charge in [0.25, 0.3) is 10.0 Å². The Labute approximate surface area is 185 Å². The molecule has 8 nitrogen and oxygen atoms in total. The summed E-state index contributed by atoms with van der Waals surface area (Å²) in [5.41, 5.74) is 3.26. The highest BCUT2D eigenvalue weighted by molar-refractivity contribution is 7.92. The molecular formula is C21H21ClN4O4S. The molecule has 0 spiro atoms. The van der Waals surface area contributed by atoms with Crippen LogP contribution in [0.5, 0.6) is 0 Å². The average Bonchev–Trinajstić information content (AvgIpc) is 2.70. The fourth-order valence-corrected chi connectivity index (χ4v) is 4.18. The lowest BCUT2D eigenvalue weighted by molar-refractivity contribution is -0.136. The minimum absolute atomic E-state index is 0.105. The number of aliphatic carboxylic acids is 1. The van der Waals surface area contributed by atoms with Crippen LogP contribution >= 0.6 is 11.6 Å². The van der Waals surface area contributed by atoms with E-state index in [1.54, 1.807) is 12.1 Å². The van der Waals surface area contributed by atoms with E-state index >= 15 is 0 Å². The van der Waals surface area contributed by atoms with Gasteiger partial charge in [-0.1, -0.05) is 35.9 Å². The summed E-state index contributed by atoms with van der Waals surface area (Å²) in [7, 11) is -4.03. The van der Waals surface area contributed by atoms with E-state index in [9.17, 15) is 13.2 Å². The molecule has 0 fully saturated rings. The number of hydrogen-bond donors (Lipinski definition) is 3. The Bertz CT molecular complexity index is 1210. The van der Waals surface area contributed by atoms with Crippen molar-refractivity contribution in [2.75, 3.05) is 16.6 Å². The van der Waals surface area contributed by atoms with E-state index in [2.05, 4.69) is 20.0 Å². The molecular weight excluding hydrogens is 440 g/mol. The third kappa shape index (κ3) is 5.50. The number of benzene rings is 1. The normalized spacial score (nSPS) is 11.2. The van der Waals surface area contributed by atoms with Crippen LogP contribution in [0, 0.1) is 13.8 Å². The van der Waals surface area contributed by atoms with E-state index in [4.69, 9.17) is 16.7 Å². The fraction of sp³-hybridized carbons (Fsp3) is 0.190. The van der Waals surface area contributed by atoms with E-state index in [0.29, 0.717) is 10.7 Å². The summed E-state index contributed by atoms with van der Waals surface area (Å²) in [4.78, 5) is 19.1. The second-order valence-electron chi connectivity index (χ2n) is 6.83. The summed E-state index contributed by atoms with van der Waals surface area (Å²) in [6, 6.07) is 13.3. The zero-order valence-electron chi connectivity index (χ0n) is 16.9. The summed E-state index contributed by atoms with van der Waals surface area (Å²) in [6.45, 7) is 3.99. The van der Waals surface area contributed by atoms with Crippen LogP contribution in [-0.2, 0) is 14.8 Å². The average molecular weight is 461 g/mol. The SMILES string of the molecule is Cc1cccc(C)c1-c1nc(NS(=O)(=O)c2cccc(NCCC(=O)O)n2)ccc1Cl. The molecule has 3 aromatic rings. The van der Waals surface area contributed by atoms with Gasteiger partial charge in [0.2, 0.25) is 0 Å². The minimum atomic E-state index is -4.03. The number of nitrogens with zero attached hydrogens (tertiary/aromatic N) is 2. The number of halogens is 1. The molecule has 2 heterocycles. The molecule has 0 saturated heterocycles. The molecule has 0 saturated carbocycles. The molecule has 0 bridgehead atoms. The van der Waals surface area contributed by atoms with Gasteiger partial charge < -0.3 is 10.4 Å². The maximum atomic E-state index is 12.8. The lowest BCUT2D eigenvalue weighted by atomic mass is 9.99. The van der Waals surface area contributed by atoms with Gasteiger partial charge in [-0.3, -0.25) is 9.52 Å². The Hall–Kier alpha value is -3.17. The molecule has 10 heteroatoms. The molecule has 0 radical (unpaired) electrons. The number of nitrogens with one attached hydrogen (secondary N) is 2. The van der Waals surface area contributed by atoms with Crippen LogP contribution in [-0.4, -0.2) is 36.0 Å². The Morgan fingerprint density at radius 3 is 2.35 bits per heavy atom. The summed E-state index contributed by atoms with van der Waals surface area (Å²) in [6.07, 6.45) is -0.118. The highest BCUT2D eigenvalue weighted by Crippen LogP contribution is 2.32. The molecule has 31 heavy (non-hydrogen) atoms. The van der Waals surface area contributed by atoms with Gasteiger partial charge in [0.05, 0.1) is 17.1 Å². The Morgan fingerprint density at radius 2 is 1.68 bits per heavy atom. The first kappa shape index (κ1) is 22.5. The first-order chi connectivity index (χ1) is 14.7. The first-order valence-corrected chi connectivity index (χ1v) is 11.2. The number of rotatable bonds is 8. The number of sulfonamides is 1. The van der Waals surface area contributed by atoms with E-state index in [1.807, 2.05) is 32.0 Å². The summed E-state index contributed by atoms with van der Waals surface area (Å²) < 4.78 is 28.1. The second-order valence-corrected chi connectivity index (χ2v) is 8.87. The summed E-state index contributed by atoms with van der Waals surface area (Å²) in [5, 5.41) is 11.7. The van der Waals surface area contributed by atoms with Crippen LogP contribution in [0.3, 0.4) is 0 Å². The second kappa shape index (κ2) is 9.32. The molecule has 162 valence electrons. The van der Waals surface area contributed by atoms with Gasteiger partial charge in [-0.2, -0.15) is 8.42 Å². The van der Waals surface area contributed by atoms with Crippen molar-refractivity contribution in [2.45, 2.75) is 25.3 Å². The number of carboxylic acid groups (broad SMARTS) is 1. The minimum Gasteiger partial charge on any atom is -0.481 e. The number of pyridine rings is 2. The lowest BCUT2D eigenvalue weighted by Crippen LogP contribution is -2.17. The number of hydrogen-bond acceptors (Lipinski definition) is 6. The van der Waals surface area contributed by atoms with Gasteiger partial charge in [-0.15, -0.1) is 0 Å². The third-order valence-electron chi connectivity index (χ3n) is 4.45. The summed E-state index contributed by atoms with van der Waals surface area (Å²) >= 11 is 6.35. The Balaban J connectivity index is 1.88. The number of carbonyl (C=O) groups is 1. The van der Waals surface area contributed by atoms with Crippen LogP contribution in [0.15, 0.2) is 53.6 Å². The van der Waals surface area contributed by atoms with Gasteiger partial charge in [0, 0.05) is 12.1 Å². The molecule has 0 aliphatic rings. The van der Waals surface area contributed by atoms with Crippen molar-refractivity contribution in [3.8, 4) is 11.3 Å². The van der Waals surface area contributed by atoms with Crippen LogP contribution in [0.4, 0.5) is 11.6 Å². The molecule has 3 rings (SSSR count). The van der Waals surface area contributed by atoms with Crippen molar-refractivity contribution in [2.24, 2.45) is 0 Å². The molecule has 3 N–H and O–H groups in total. The van der Waals surface area contributed by atoms with E-state index in [0.717, 1.165) is 16.7 Å². The molecule has 0 unspecified atom stereocenters. The van der Waals surface area contributed by atoms with Crippen molar-refractivity contribution in [1.82, 2.24) is 9.97 Å². The molecule has 0 atom stereocenters. The predicted octanol–water partition coefficient (Wildman–Crippen LogP) is 4.10. The smallest absolute Gasteiger partial charge is 0.305 e. The van der Waals surface area contributed by atoms with Crippen LogP contribution < -0.4 is 10.0 Å². The van der Waals surface area contributed by atoms with E-state index in [1.165, 1.54) is 18.2 Å². The zero-order chi connectivity index (χ0) is 22.6. The van der Waals surface area contributed by atoms with E-state index in [-0.39, 0.29) is 29.6 Å². The molecule has 0 amide bonds. The lowest BCUT2D eigenvalue weighted by Gasteiger charge is -2.13. The van der Waals surface area contributed by atoms with Gasteiger partial charge in [0.15, 0.2) is 5.03 Å². The number of aromatic nitrogens is 2. The van der Waals surface area contributed by atoms with Gasteiger partial charge in [-0.25, -0.2) is 9.97 Å².